The Labute approximate surface area is 124 Å². The van der Waals surface area contributed by atoms with Gasteiger partial charge in [0.1, 0.15) is 28.6 Å². The average molecular weight is 304 g/mol. The molecule has 22 heavy (non-hydrogen) atoms. The minimum absolute atomic E-state index is 0.128. The van der Waals surface area contributed by atoms with Crippen LogP contribution in [0.1, 0.15) is 15.9 Å². The maximum atomic E-state index is 11.8. The van der Waals surface area contributed by atoms with Gasteiger partial charge in [0.2, 0.25) is 0 Å². The highest BCUT2D eigenvalue weighted by Crippen LogP contribution is 2.26. The zero-order chi connectivity index (χ0) is 16.3. The van der Waals surface area contributed by atoms with Crippen LogP contribution >= 0.6 is 0 Å². The molecule has 0 aliphatic carbocycles. The van der Waals surface area contributed by atoms with Crippen molar-refractivity contribution in [2.45, 2.75) is 6.42 Å². The highest BCUT2D eigenvalue weighted by atomic mass is 16.5. The van der Waals surface area contributed by atoms with Gasteiger partial charge in [-0.2, -0.15) is 0 Å². The number of carbonyl (C=O) groups excluding carboxylic acids is 1. The molecule has 0 fully saturated rings. The molecule has 7 nitrogen and oxygen atoms in total. The summed E-state index contributed by atoms with van der Waals surface area (Å²) >= 11 is 0. The molecule has 0 heterocycles. The molecule has 0 aromatic heterocycles. The summed E-state index contributed by atoms with van der Waals surface area (Å²) in [5, 5.41) is 37.2. The smallest absolute Gasteiger partial charge is 0.339 e. The fraction of sp³-hybridized carbons (Fsp3) is 0.0667. The molecular weight excluding hydrogens is 292 g/mol. The zero-order valence-corrected chi connectivity index (χ0v) is 11.2. The zero-order valence-electron chi connectivity index (χ0n) is 11.2. The van der Waals surface area contributed by atoms with E-state index in [0.717, 1.165) is 12.1 Å². The molecule has 0 bridgehead atoms. The lowest BCUT2D eigenvalue weighted by Gasteiger charge is -2.09. The highest BCUT2D eigenvalue weighted by molar-refractivity contribution is 5.92. The Kier molecular flexibility index (Phi) is 4.17. The van der Waals surface area contributed by atoms with Crippen LogP contribution in [-0.4, -0.2) is 32.4 Å². The van der Waals surface area contributed by atoms with Crippen LogP contribution < -0.4 is 4.74 Å². The molecule has 0 unspecified atom stereocenters. The second kappa shape index (κ2) is 6.04. The van der Waals surface area contributed by atoms with Crippen LogP contribution in [0.3, 0.4) is 0 Å². The average Bonchev–Trinajstić information content (AvgIpc) is 2.44. The van der Waals surface area contributed by atoms with Gasteiger partial charge in [0.25, 0.3) is 0 Å². The van der Waals surface area contributed by atoms with Crippen LogP contribution in [0.5, 0.6) is 23.0 Å². The molecular formula is C15H12O7. The number of aromatic carboxylic acids is 1. The Morgan fingerprint density at radius 2 is 1.59 bits per heavy atom. The number of hydrogen-bond donors (Lipinski definition) is 4. The van der Waals surface area contributed by atoms with Crippen LogP contribution in [0.4, 0.5) is 0 Å². The SMILES string of the molecule is O=C(Cc1cc(O)ccc1O)Oc1ccc(O)cc1C(=O)O. The van der Waals surface area contributed by atoms with Gasteiger partial charge in [-0.3, -0.25) is 4.79 Å². The van der Waals surface area contributed by atoms with Gasteiger partial charge in [0, 0.05) is 5.56 Å². The fourth-order valence-corrected chi connectivity index (χ4v) is 1.80. The highest BCUT2D eigenvalue weighted by Gasteiger charge is 2.17. The predicted molar refractivity (Wildman–Crippen MR) is 74.2 cm³/mol. The molecule has 0 amide bonds. The summed E-state index contributed by atoms with van der Waals surface area (Å²) in [6.45, 7) is 0. The summed E-state index contributed by atoms with van der Waals surface area (Å²) in [6.07, 6.45) is -0.361. The Morgan fingerprint density at radius 1 is 0.955 bits per heavy atom. The van der Waals surface area contributed by atoms with Gasteiger partial charge in [-0.15, -0.1) is 0 Å². The van der Waals surface area contributed by atoms with Crippen molar-refractivity contribution < 1.29 is 34.8 Å². The number of carboxylic acid groups (broad SMARTS) is 1. The van der Waals surface area contributed by atoms with Crippen molar-refractivity contribution in [2.75, 3.05) is 0 Å². The maximum absolute atomic E-state index is 11.8. The summed E-state index contributed by atoms with van der Waals surface area (Å²) in [5.74, 6) is -3.01. The van der Waals surface area contributed by atoms with Gasteiger partial charge >= 0.3 is 11.9 Å². The van der Waals surface area contributed by atoms with Crippen LogP contribution in [0, 0.1) is 0 Å². The topological polar surface area (TPSA) is 124 Å². The molecule has 2 aromatic carbocycles. The van der Waals surface area contributed by atoms with Crippen molar-refractivity contribution in [3.8, 4) is 23.0 Å². The third-order valence-corrected chi connectivity index (χ3v) is 2.82. The number of carbonyl (C=O) groups is 2. The first kappa shape index (κ1) is 15.2. The van der Waals surface area contributed by atoms with Crippen LogP contribution in [-0.2, 0) is 11.2 Å². The molecule has 7 heteroatoms. The van der Waals surface area contributed by atoms with Gasteiger partial charge in [-0.1, -0.05) is 0 Å². The van der Waals surface area contributed by atoms with E-state index in [4.69, 9.17) is 9.84 Å². The van der Waals surface area contributed by atoms with E-state index < -0.39 is 11.9 Å². The molecule has 0 saturated carbocycles. The first-order valence-corrected chi connectivity index (χ1v) is 6.14. The molecule has 0 atom stereocenters. The number of phenols is 3. The van der Waals surface area contributed by atoms with Gasteiger partial charge in [-0.25, -0.2) is 4.79 Å². The Hall–Kier alpha value is -3.22. The van der Waals surface area contributed by atoms with E-state index in [2.05, 4.69) is 0 Å². The fourth-order valence-electron chi connectivity index (χ4n) is 1.80. The number of ether oxygens (including phenoxy) is 1. The van der Waals surface area contributed by atoms with Crippen molar-refractivity contribution in [1.82, 2.24) is 0 Å². The molecule has 0 radical (unpaired) electrons. The van der Waals surface area contributed by atoms with E-state index in [9.17, 15) is 24.9 Å². The quantitative estimate of drug-likeness (QED) is 0.384. The molecule has 2 aromatic rings. The predicted octanol–water partition coefficient (Wildman–Crippen LogP) is 1.65. The number of carboxylic acids is 1. The van der Waals surface area contributed by atoms with E-state index >= 15 is 0 Å². The van der Waals surface area contributed by atoms with Gasteiger partial charge < -0.3 is 25.2 Å². The number of esters is 1. The summed E-state index contributed by atoms with van der Waals surface area (Å²) in [6, 6.07) is 6.97. The third kappa shape index (κ3) is 3.45. The third-order valence-electron chi connectivity index (χ3n) is 2.82. The van der Waals surface area contributed by atoms with Gasteiger partial charge in [-0.05, 0) is 36.4 Å². The normalized spacial score (nSPS) is 10.2. The Morgan fingerprint density at radius 3 is 2.27 bits per heavy atom. The van der Waals surface area contributed by atoms with Gasteiger partial charge in [0.15, 0.2) is 0 Å². The number of phenolic OH excluding ortho intramolecular Hbond substituents is 3. The van der Waals surface area contributed by atoms with E-state index in [1.807, 2.05) is 0 Å². The molecule has 114 valence electrons. The molecule has 0 spiro atoms. The molecule has 0 aliphatic heterocycles. The van der Waals surface area contributed by atoms with Crippen molar-refractivity contribution in [3.05, 3.63) is 47.5 Å². The monoisotopic (exact) mass is 304 g/mol. The first-order chi connectivity index (χ1) is 10.4. The summed E-state index contributed by atoms with van der Waals surface area (Å²) in [7, 11) is 0. The van der Waals surface area contributed by atoms with E-state index in [1.165, 1.54) is 24.3 Å². The lowest BCUT2D eigenvalue weighted by Crippen LogP contribution is -2.13. The molecule has 2 rings (SSSR count). The summed E-state index contributed by atoms with van der Waals surface area (Å²) in [5.41, 5.74) is -0.228. The van der Waals surface area contributed by atoms with Crippen LogP contribution in [0.15, 0.2) is 36.4 Å². The second-order valence-electron chi connectivity index (χ2n) is 4.45. The molecule has 0 saturated heterocycles. The summed E-state index contributed by atoms with van der Waals surface area (Å²) < 4.78 is 4.94. The Balaban J connectivity index is 2.19. The largest absolute Gasteiger partial charge is 0.508 e. The van der Waals surface area contributed by atoms with Crippen molar-refractivity contribution in [2.24, 2.45) is 0 Å². The van der Waals surface area contributed by atoms with E-state index in [-0.39, 0.29) is 40.5 Å². The molecule has 0 aliphatic rings. The standard InChI is InChI=1S/C15H12O7/c16-9-1-3-12(18)8(5-9)6-14(19)22-13-4-2-10(17)7-11(13)15(20)21/h1-5,7,16-18H,6H2,(H,20,21). The van der Waals surface area contributed by atoms with E-state index in [1.54, 1.807) is 0 Å². The number of rotatable bonds is 4. The lowest BCUT2D eigenvalue weighted by molar-refractivity contribution is -0.133. The number of hydrogen-bond acceptors (Lipinski definition) is 6. The summed E-state index contributed by atoms with van der Waals surface area (Å²) in [4.78, 5) is 22.9. The number of aromatic hydroxyl groups is 3. The second-order valence-corrected chi connectivity index (χ2v) is 4.45. The van der Waals surface area contributed by atoms with Crippen LogP contribution in [0.2, 0.25) is 0 Å². The minimum atomic E-state index is -1.36. The van der Waals surface area contributed by atoms with Crippen molar-refractivity contribution >= 4 is 11.9 Å². The lowest BCUT2D eigenvalue weighted by atomic mass is 10.1. The van der Waals surface area contributed by atoms with E-state index in [0.29, 0.717) is 0 Å². The molecule has 4 N–H and O–H groups in total. The minimum Gasteiger partial charge on any atom is -0.508 e. The maximum Gasteiger partial charge on any atom is 0.339 e. The van der Waals surface area contributed by atoms with Crippen molar-refractivity contribution in [3.63, 3.8) is 0 Å². The number of benzene rings is 2. The van der Waals surface area contributed by atoms with Crippen molar-refractivity contribution in [1.29, 1.82) is 0 Å². The van der Waals surface area contributed by atoms with Gasteiger partial charge in [0.05, 0.1) is 6.42 Å². The van der Waals surface area contributed by atoms with Crippen LogP contribution in [0.25, 0.3) is 0 Å². The first-order valence-electron chi connectivity index (χ1n) is 6.14. The Bertz CT molecular complexity index is 737.